The highest BCUT2D eigenvalue weighted by atomic mass is 35.5. The summed E-state index contributed by atoms with van der Waals surface area (Å²) in [7, 11) is 0. The highest BCUT2D eigenvalue weighted by Crippen LogP contribution is 2.25. The summed E-state index contributed by atoms with van der Waals surface area (Å²) in [6.07, 6.45) is 0.788. The molecule has 3 N–H and O–H groups in total. The van der Waals surface area contributed by atoms with Crippen LogP contribution in [0, 0.1) is 11.8 Å². The predicted octanol–water partition coefficient (Wildman–Crippen LogP) is 3.79. The maximum Gasteiger partial charge on any atom is 0.224 e. The Balaban J connectivity index is 2.70. The smallest absolute Gasteiger partial charge is 0.224 e. The van der Waals surface area contributed by atoms with Crippen LogP contribution in [0.2, 0.25) is 10.0 Å². The molecule has 0 saturated heterocycles. The standard InChI is InChI=1S/C15H22Cl2N2O/c1-9(2)6-12(8-18)15(20)19-10(3)11-4-5-13(16)14(17)7-11/h4-5,7,9-10,12H,6,8,18H2,1-3H3,(H,19,20). The van der Waals surface area contributed by atoms with Crippen molar-refractivity contribution < 1.29 is 4.79 Å². The molecule has 1 aromatic rings. The summed E-state index contributed by atoms with van der Waals surface area (Å²) in [6.45, 7) is 6.44. The molecular formula is C15H22Cl2N2O. The minimum absolute atomic E-state index is 0.0141. The number of hydrogen-bond acceptors (Lipinski definition) is 2. The van der Waals surface area contributed by atoms with Crippen molar-refractivity contribution >= 4 is 29.1 Å². The van der Waals surface area contributed by atoms with Gasteiger partial charge in [-0.2, -0.15) is 0 Å². The molecule has 1 amide bonds. The first kappa shape index (κ1) is 17.3. The van der Waals surface area contributed by atoms with Gasteiger partial charge in [-0.25, -0.2) is 0 Å². The predicted molar refractivity (Wildman–Crippen MR) is 85.0 cm³/mol. The lowest BCUT2D eigenvalue weighted by Crippen LogP contribution is -2.37. The molecule has 0 radical (unpaired) electrons. The highest BCUT2D eigenvalue weighted by Gasteiger charge is 2.20. The first-order valence-corrected chi connectivity index (χ1v) is 7.56. The fourth-order valence-electron chi connectivity index (χ4n) is 2.08. The number of nitrogens with one attached hydrogen (secondary N) is 1. The summed E-state index contributed by atoms with van der Waals surface area (Å²) in [5.41, 5.74) is 6.61. The molecule has 0 heterocycles. The van der Waals surface area contributed by atoms with E-state index in [0.29, 0.717) is 22.5 Å². The van der Waals surface area contributed by atoms with Crippen LogP contribution in [0.4, 0.5) is 0 Å². The second kappa shape index (κ2) is 7.87. The molecule has 0 aromatic heterocycles. The molecule has 0 fully saturated rings. The van der Waals surface area contributed by atoms with Gasteiger partial charge in [0.2, 0.25) is 5.91 Å². The van der Waals surface area contributed by atoms with Crippen LogP contribution in [-0.4, -0.2) is 12.5 Å². The van der Waals surface area contributed by atoms with E-state index in [1.54, 1.807) is 12.1 Å². The van der Waals surface area contributed by atoms with Crippen molar-refractivity contribution in [2.24, 2.45) is 17.6 Å². The van der Waals surface area contributed by atoms with Crippen LogP contribution >= 0.6 is 23.2 Å². The molecule has 2 unspecified atom stereocenters. The van der Waals surface area contributed by atoms with Gasteiger partial charge >= 0.3 is 0 Å². The first-order chi connectivity index (χ1) is 9.35. The fraction of sp³-hybridized carbons (Fsp3) is 0.533. The van der Waals surface area contributed by atoms with Crippen LogP contribution in [0.5, 0.6) is 0 Å². The largest absolute Gasteiger partial charge is 0.349 e. The van der Waals surface area contributed by atoms with Crippen LogP contribution < -0.4 is 11.1 Å². The van der Waals surface area contributed by atoms with Crippen LogP contribution in [0.1, 0.15) is 38.8 Å². The number of carbonyl (C=O) groups excluding carboxylic acids is 1. The molecule has 1 aromatic carbocycles. The third-order valence-electron chi connectivity index (χ3n) is 3.21. The minimum Gasteiger partial charge on any atom is -0.349 e. The van der Waals surface area contributed by atoms with Gasteiger partial charge in [0.1, 0.15) is 0 Å². The van der Waals surface area contributed by atoms with Crippen LogP contribution in [0.3, 0.4) is 0 Å². The number of nitrogens with two attached hydrogens (primary N) is 1. The van der Waals surface area contributed by atoms with Gasteiger partial charge in [-0.3, -0.25) is 4.79 Å². The van der Waals surface area contributed by atoms with Crippen molar-refractivity contribution in [3.63, 3.8) is 0 Å². The maximum absolute atomic E-state index is 12.2. The molecule has 0 aliphatic carbocycles. The minimum atomic E-state index is -0.153. The average Bonchev–Trinajstić information content (AvgIpc) is 2.38. The van der Waals surface area contributed by atoms with Crippen molar-refractivity contribution in [2.75, 3.05) is 6.54 Å². The molecule has 0 bridgehead atoms. The quantitative estimate of drug-likeness (QED) is 0.838. The zero-order valence-electron chi connectivity index (χ0n) is 12.1. The molecule has 112 valence electrons. The lowest BCUT2D eigenvalue weighted by Gasteiger charge is -2.21. The van der Waals surface area contributed by atoms with E-state index < -0.39 is 0 Å². The van der Waals surface area contributed by atoms with E-state index in [4.69, 9.17) is 28.9 Å². The number of benzene rings is 1. The third-order valence-corrected chi connectivity index (χ3v) is 3.95. The zero-order valence-corrected chi connectivity index (χ0v) is 13.6. The van der Waals surface area contributed by atoms with Crippen molar-refractivity contribution in [3.05, 3.63) is 33.8 Å². The van der Waals surface area contributed by atoms with Gasteiger partial charge in [-0.15, -0.1) is 0 Å². The first-order valence-electron chi connectivity index (χ1n) is 6.80. The van der Waals surface area contributed by atoms with Gasteiger partial charge in [0.15, 0.2) is 0 Å². The molecular weight excluding hydrogens is 295 g/mol. The van der Waals surface area contributed by atoms with Gasteiger partial charge in [0.05, 0.1) is 22.0 Å². The molecule has 2 atom stereocenters. The van der Waals surface area contributed by atoms with Crippen LogP contribution in [0.25, 0.3) is 0 Å². The van der Waals surface area contributed by atoms with Crippen molar-refractivity contribution in [1.82, 2.24) is 5.32 Å². The Morgan fingerprint density at radius 2 is 1.90 bits per heavy atom. The SMILES string of the molecule is CC(C)CC(CN)C(=O)NC(C)c1ccc(Cl)c(Cl)c1. The Bertz CT molecular complexity index is 463. The van der Waals surface area contributed by atoms with Crippen molar-refractivity contribution in [2.45, 2.75) is 33.2 Å². The maximum atomic E-state index is 12.2. The Morgan fingerprint density at radius 1 is 1.25 bits per heavy atom. The van der Waals surface area contributed by atoms with E-state index in [-0.39, 0.29) is 17.9 Å². The number of hydrogen-bond donors (Lipinski definition) is 2. The number of rotatable bonds is 6. The molecule has 0 saturated carbocycles. The summed E-state index contributed by atoms with van der Waals surface area (Å²) >= 11 is 11.9. The summed E-state index contributed by atoms with van der Waals surface area (Å²) in [6, 6.07) is 5.24. The topological polar surface area (TPSA) is 55.1 Å². The van der Waals surface area contributed by atoms with Crippen LogP contribution in [-0.2, 0) is 4.79 Å². The molecule has 0 aliphatic rings. The number of halogens is 2. The van der Waals surface area contributed by atoms with E-state index in [1.807, 2.05) is 13.0 Å². The van der Waals surface area contributed by atoms with Crippen LogP contribution in [0.15, 0.2) is 18.2 Å². The van der Waals surface area contributed by atoms with Crippen molar-refractivity contribution in [1.29, 1.82) is 0 Å². The van der Waals surface area contributed by atoms with Crippen molar-refractivity contribution in [3.8, 4) is 0 Å². The number of carbonyl (C=O) groups is 1. The third kappa shape index (κ3) is 4.97. The Morgan fingerprint density at radius 3 is 2.40 bits per heavy atom. The van der Waals surface area contributed by atoms with E-state index in [9.17, 15) is 4.79 Å². The highest BCUT2D eigenvalue weighted by molar-refractivity contribution is 6.42. The van der Waals surface area contributed by atoms with Gasteiger partial charge < -0.3 is 11.1 Å². The van der Waals surface area contributed by atoms with Gasteiger partial charge in [0, 0.05) is 6.54 Å². The molecule has 3 nitrogen and oxygen atoms in total. The molecule has 20 heavy (non-hydrogen) atoms. The van der Waals surface area contributed by atoms with Gasteiger partial charge in [-0.1, -0.05) is 43.1 Å². The molecule has 1 rings (SSSR count). The molecule has 0 spiro atoms. The van der Waals surface area contributed by atoms with E-state index >= 15 is 0 Å². The van der Waals surface area contributed by atoms with Gasteiger partial charge in [-0.05, 0) is 37.0 Å². The zero-order chi connectivity index (χ0) is 15.3. The monoisotopic (exact) mass is 316 g/mol. The normalized spacial score (nSPS) is 14.2. The molecule has 5 heteroatoms. The summed E-state index contributed by atoms with van der Waals surface area (Å²) in [5, 5.41) is 3.98. The summed E-state index contributed by atoms with van der Waals surface area (Å²) in [4.78, 5) is 12.2. The number of amides is 1. The second-order valence-electron chi connectivity index (χ2n) is 5.47. The summed E-state index contributed by atoms with van der Waals surface area (Å²) in [5.74, 6) is 0.273. The summed E-state index contributed by atoms with van der Waals surface area (Å²) < 4.78 is 0. The Kier molecular flexibility index (Phi) is 6.80. The Hall–Kier alpha value is -0.770. The average molecular weight is 317 g/mol. The Labute approximate surface area is 130 Å². The fourth-order valence-corrected chi connectivity index (χ4v) is 2.38. The van der Waals surface area contributed by atoms with Gasteiger partial charge in [0.25, 0.3) is 0 Å². The lowest BCUT2D eigenvalue weighted by molar-refractivity contribution is -0.125. The lowest BCUT2D eigenvalue weighted by atomic mass is 9.96. The second-order valence-corrected chi connectivity index (χ2v) is 6.28. The van der Waals surface area contributed by atoms with E-state index in [0.717, 1.165) is 12.0 Å². The van der Waals surface area contributed by atoms with E-state index in [2.05, 4.69) is 19.2 Å². The molecule has 0 aliphatic heterocycles. The van der Waals surface area contributed by atoms with E-state index in [1.165, 1.54) is 0 Å².